The molecular weight excluding hydrogens is 334 g/mol. The lowest BCUT2D eigenvalue weighted by molar-refractivity contribution is 0.109. The number of pyridine rings is 1. The van der Waals surface area contributed by atoms with Gasteiger partial charge in [-0.3, -0.25) is 4.79 Å². The Balaban J connectivity index is 1.67. The van der Waals surface area contributed by atoms with Gasteiger partial charge in [-0.25, -0.2) is 9.50 Å². The first-order chi connectivity index (χ1) is 12.7. The highest BCUT2D eigenvalue weighted by atomic mass is 16.4. The average molecular weight is 349 g/mol. The number of aromatic nitrogens is 6. The normalized spacial score (nSPS) is 16.8. The Morgan fingerprint density at radius 3 is 3.12 bits per heavy atom. The van der Waals surface area contributed by atoms with Crippen molar-refractivity contribution in [3.8, 4) is 0 Å². The van der Waals surface area contributed by atoms with Crippen LogP contribution in [0.15, 0.2) is 35.1 Å². The molecule has 5 heterocycles. The van der Waals surface area contributed by atoms with Crippen molar-refractivity contribution < 1.29 is 9.21 Å². The number of rotatable bonds is 3. The first kappa shape index (κ1) is 14.8. The molecule has 1 N–H and O–H groups in total. The van der Waals surface area contributed by atoms with Gasteiger partial charge in [-0.15, -0.1) is 5.10 Å². The number of anilines is 1. The van der Waals surface area contributed by atoms with E-state index in [9.17, 15) is 4.79 Å². The Labute approximate surface area is 147 Å². The minimum Gasteiger partial charge on any atom is -0.400 e. The molecule has 0 bridgehead atoms. The third-order valence-corrected chi connectivity index (χ3v) is 4.71. The zero-order valence-corrected chi connectivity index (χ0v) is 14.0. The van der Waals surface area contributed by atoms with E-state index in [4.69, 9.17) is 9.52 Å². The minimum absolute atomic E-state index is 0.0441. The molecule has 5 rings (SSSR count). The van der Waals surface area contributed by atoms with Crippen molar-refractivity contribution in [1.29, 1.82) is 0 Å². The maximum atomic E-state index is 10.9. The third kappa shape index (κ3) is 2.13. The molecule has 0 fully saturated rings. The predicted molar refractivity (Wildman–Crippen MR) is 91.1 cm³/mol. The maximum absolute atomic E-state index is 10.9. The molecule has 0 saturated heterocycles. The second-order valence-corrected chi connectivity index (χ2v) is 6.24. The molecule has 9 heteroatoms. The maximum Gasteiger partial charge on any atom is 0.319 e. The van der Waals surface area contributed by atoms with E-state index in [2.05, 4.69) is 20.2 Å². The number of fused-ring (bicyclic) bond motifs is 2. The van der Waals surface area contributed by atoms with Crippen LogP contribution in [0.25, 0.3) is 5.52 Å². The number of nitrogens with zero attached hydrogens (tertiary/aromatic N) is 6. The summed E-state index contributed by atoms with van der Waals surface area (Å²) in [4.78, 5) is 20.6. The Hall–Kier alpha value is -3.49. The highest BCUT2D eigenvalue weighted by molar-refractivity contribution is 5.67. The lowest BCUT2D eigenvalue weighted by Gasteiger charge is -2.32. The number of H-pyrrole nitrogens is 1. The van der Waals surface area contributed by atoms with Crippen LogP contribution in [-0.2, 0) is 6.42 Å². The van der Waals surface area contributed by atoms with E-state index in [0.717, 1.165) is 34.6 Å². The molecule has 1 unspecified atom stereocenters. The fraction of sp³-hybridized carbons (Fsp3) is 0.235. The summed E-state index contributed by atoms with van der Waals surface area (Å²) in [7, 11) is 0. The van der Waals surface area contributed by atoms with E-state index in [1.54, 1.807) is 6.33 Å². The van der Waals surface area contributed by atoms with Crippen LogP contribution in [0.1, 0.15) is 39.4 Å². The molecule has 0 aromatic carbocycles. The van der Waals surface area contributed by atoms with Gasteiger partial charge < -0.3 is 14.3 Å². The number of aromatic amines is 1. The summed E-state index contributed by atoms with van der Waals surface area (Å²) in [5, 5.41) is 12.5. The number of aldehydes is 1. The average Bonchev–Trinajstić information content (AvgIpc) is 3.39. The first-order valence-corrected chi connectivity index (χ1v) is 8.27. The van der Waals surface area contributed by atoms with Crippen molar-refractivity contribution in [2.24, 2.45) is 0 Å². The number of hydrogen-bond donors (Lipinski definition) is 1. The Morgan fingerprint density at radius 2 is 2.31 bits per heavy atom. The number of aryl methyl sites for hydroxylation is 1. The third-order valence-electron chi connectivity index (χ3n) is 4.71. The molecule has 0 spiro atoms. The lowest BCUT2D eigenvalue weighted by atomic mass is 10.00. The summed E-state index contributed by atoms with van der Waals surface area (Å²) in [6, 6.07) is 6.08. The van der Waals surface area contributed by atoms with Gasteiger partial charge >= 0.3 is 6.01 Å². The number of carbonyl (C=O) groups is 1. The van der Waals surface area contributed by atoms with Gasteiger partial charge in [-0.05, 0) is 24.6 Å². The molecule has 1 atom stereocenters. The van der Waals surface area contributed by atoms with Crippen LogP contribution >= 0.6 is 0 Å². The van der Waals surface area contributed by atoms with Crippen molar-refractivity contribution in [3.63, 3.8) is 0 Å². The van der Waals surface area contributed by atoms with Crippen molar-refractivity contribution in [3.05, 3.63) is 59.3 Å². The van der Waals surface area contributed by atoms with E-state index < -0.39 is 0 Å². The van der Waals surface area contributed by atoms with E-state index in [1.165, 1.54) is 0 Å². The number of nitrogens with one attached hydrogen (secondary N) is 1. The molecule has 26 heavy (non-hydrogen) atoms. The van der Waals surface area contributed by atoms with Gasteiger partial charge in [0.05, 0.1) is 23.2 Å². The highest BCUT2D eigenvalue weighted by Crippen LogP contribution is 2.36. The molecule has 130 valence electrons. The van der Waals surface area contributed by atoms with Crippen LogP contribution < -0.4 is 4.90 Å². The largest absolute Gasteiger partial charge is 0.400 e. The molecule has 4 aromatic rings. The van der Waals surface area contributed by atoms with E-state index in [-0.39, 0.29) is 11.9 Å². The van der Waals surface area contributed by atoms with Crippen molar-refractivity contribution in [1.82, 2.24) is 29.8 Å². The molecule has 4 aromatic heterocycles. The molecule has 1 aliphatic heterocycles. The van der Waals surface area contributed by atoms with Crippen LogP contribution in [0.2, 0.25) is 0 Å². The highest BCUT2D eigenvalue weighted by Gasteiger charge is 2.35. The number of hydrogen-bond acceptors (Lipinski definition) is 7. The van der Waals surface area contributed by atoms with Gasteiger partial charge in [-0.1, -0.05) is 11.2 Å². The fourth-order valence-electron chi connectivity index (χ4n) is 3.48. The summed E-state index contributed by atoms with van der Waals surface area (Å²) >= 11 is 0. The Bertz CT molecular complexity index is 1110. The first-order valence-electron chi connectivity index (χ1n) is 8.27. The van der Waals surface area contributed by atoms with Gasteiger partial charge in [0.25, 0.3) is 5.89 Å². The smallest absolute Gasteiger partial charge is 0.319 e. The minimum atomic E-state index is -0.274. The number of imidazole rings is 1. The summed E-state index contributed by atoms with van der Waals surface area (Å²) in [6.07, 6.45) is 4.91. The fourth-order valence-corrected chi connectivity index (χ4v) is 3.48. The van der Waals surface area contributed by atoms with Gasteiger partial charge in [0, 0.05) is 24.9 Å². The van der Waals surface area contributed by atoms with Crippen molar-refractivity contribution in [2.45, 2.75) is 19.4 Å². The summed E-state index contributed by atoms with van der Waals surface area (Å²) < 4.78 is 7.33. The zero-order chi connectivity index (χ0) is 17.7. The van der Waals surface area contributed by atoms with Crippen LogP contribution in [0.3, 0.4) is 0 Å². The molecule has 1 aliphatic rings. The standard InChI is InChI=1S/C17H15N7O2/c1-10-3-2-5-24-13(10)7-12(22-24)16-15-11(18-9-19-15)4-6-23(16)17-21-20-14(8-25)26-17/h2-3,5,7-9,16H,4,6H2,1H3,(H,18,19). The second-order valence-electron chi connectivity index (χ2n) is 6.24. The molecule has 0 radical (unpaired) electrons. The Morgan fingerprint density at radius 1 is 1.38 bits per heavy atom. The monoisotopic (exact) mass is 349 g/mol. The van der Waals surface area contributed by atoms with Crippen LogP contribution in [0.5, 0.6) is 0 Å². The van der Waals surface area contributed by atoms with Crippen molar-refractivity contribution in [2.75, 3.05) is 11.4 Å². The van der Waals surface area contributed by atoms with Crippen molar-refractivity contribution >= 4 is 17.8 Å². The van der Waals surface area contributed by atoms with Gasteiger partial charge in [0.15, 0.2) is 0 Å². The molecule has 0 aliphatic carbocycles. The quantitative estimate of drug-likeness (QED) is 0.561. The number of carbonyl (C=O) groups excluding carboxylic acids is 1. The summed E-state index contributed by atoms with van der Waals surface area (Å²) in [5.74, 6) is -0.0441. The van der Waals surface area contributed by atoms with Gasteiger partial charge in [0.1, 0.15) is 6.04 Å². The summed E-state index contributed by atoms with van der Waals surface area (Å²) in [5.41, 5.74) is 4.94. The second kappa shape index (κ2) is 5.51. The molecule has 9 nitrogen and oxygen atoms in total. The lowest BCUT2D eigenvalue weighted by Crippen LogP contribution is -2.36. The van der Waals surface area contributed by atoms with E-state index >= 15 is 0 Å². The van der Waals surface area contributed by atoms with Gasteiger partial charge in [-0.2, -0.15) is 5.10 Å². The van der Waals surface area contributed by atoms with Crippen LogP contribution in [-0.4, -0.2) is 42.6 Å². The molecular formula is C17H15N7O2. The molecule has 0 saturated carbocycles. The Kier molecular flexibility index (Phi) is 3.14. The van der Waals surface area contributed by atoms with Crippen LogP contribution in [0.4, 0.5) is 6.01 Å². The van der Waals surface area contributed by atoms with Gasteiger partial charge in [0.2, 0.25) is 6.29 Å². The van der Waals surface area contributed by atoms with Crippen LogP contribution in [0, 0.1) is 6.92 Å². The predicted octanol–water partition coefficient (Wildman–Crippen LogP) is 1.71. The van der Waals surface area contributed by atoms with E-state index in [0.29, 0.717) is 18.8 Å². The summed E-state index contributed by atoms with van der Waals surface area (Å²) in [6.45, 7) is 2.70. The molecule has 0 amide bonds. The SMILES string of the molecule is Cc1cccn2nc(C3c4nc[nH]c4CCN3c3nnc(C=O)o3)cc12. The topological polar surface area (TPSA) is 105 Å². The zero-order valence-electron chi connectivity index (χ0n) is 14.0. The van der Waals surface area contributed by atoms with E-state index in [1.807, 2.05) is 40.7 Å².